The minimum Gasteiger partial charge on any atom is -0.392 e. The number of carbonyl (C=O) groups is 1. The lowest BCUT2D eigenvalue weighted by molar-refractivity contribution is 0.0703. The maximum atomic E-state index is 14.3. The first-order valence-corrected chi connectivity index (χ1v) is 16.5. The van der Waals surface area contributed by atoms with Gasteiger partial charge in [-0.1, -0.05) is 30.3 Å². The normalized spacial score (nSPS) is 14.4. The van der Waals surface area contributed by atoms with Crippen LogP contribution in [-0.4, -0.2) is 77.5 Å². The summed E-state index contributed by atoms with van der Waals surface area (Å²) in [5.41, 5.74) is 8.85. The van der Waals surface area contributed by atoms with E-state index in [0.717, 1.165) is 36.2 Å². The molecule has 0 saturated carbocycles. The van der Waals surface area contributed by atoms with Crippen LogP contribution in [0.2, 0.25) is 0 Å². The number of fused-ring (bicyclic) bond motifs is 2. The zero-order valence-corrected chi connectivity index (χ0v) is 26.9. The lowest BCUT2D eigenvalue weighted by Gasteiger charge is -2.27. The van der Waals surface area contributed by atoms with E-state index in [1.165, 1.54) is 27.8 Å². The quantitative estimate of drug-likeness (QED) is 0.256. The molecule has 0 saturated heterocycles. The number of nitrogens with one attached hydrogen (secondary N) is 1. The molecule has 0 radical (unpaired) electrons. The molecule has 1 atom stereocenters. The summed E-state index contributed by atoms with van der Waals surface area (Å²) in [7, 11) is -0.315. The molecular formula is C35H37N5O4S. The van der Waals surface area contributed by atoms with E-state index in [4.69, 9.17) is 0 Å². The minimum absolute atomic E-state index is 0.135. The molecule has 0 fully saturated rings. The van der Waals surface area contributed by atoms with Gasteiger partial charge in [0.25, 0.3) is 5.91 Å². The first-order valence-electron chi connectivity index (χ1n) is 15.0. The summed E-state index contributed by atoms with van der Waals surface area (Å²) in [4.78, 5) is 28.9. The van der Waals surface area contributed by atoms with Crippen molar-refractivity contribution in [2.24, 2.45) is 0 Å². The molecule has 1 amide bonds. The van der Waals surface area contributed by atoms with Gasteiger partial charge in [0, 0.05) is 49.6 Å². The van der Waals surface area contributed by atoms with Gasteiger partial charge in [0.1, 0.15) is 5.52 Å². The minimum atomic E-state index is -4.06. The van der Waals surface area contributed by atoms with E-state index in [0.29, 0.717) is 27.9 Å². The van der Waals surface area contributed by atoms with Crippen molar-refractivity contribution in [1.29, 1.82) is 0 Å². The molecule has 45 heavy (non-hydrogen) atoms. The zero-order chi connectivity index (χ0) is 32.0. The second-order valence-corrected chi connectivity index (χ2v) is 14.0. The van der Waals surface area contributed by atoms with Gasteiger partial charge in [-0.05, 0) is 91.9 Å². The summed E-state index contributed by atoms with van der Waals surface area (Å²) < 4.78 is 28.6. The molecule has 232 valence electrons. The van der Waals surface area contributed by atoms with E-state index in [1.54, 1.807) is 50.5 Å². The van der Waals surface area contributed by atoms with Crippen LogP contribution in [0.5, 0.6) is 0 Å². The molecule has 0 aliphatic carbocycles. The van der Waals surface area contributed by atoms with Crippen LogP contribution in [0.4, 0.5) is 0 Å². The molecule has 1 aliphatic rings. The molecule has 9 nitrogen and oxygen atoms in total. The molecule has 2 aromatic heterocycles. The second kappa shape index (κ2) is 11.8. The number of hydrogen-bond donors (Lipinski definition) is 2. The van der Waals surface area contributed by atoms with Gasteiger partial charge in [-0.2, -0.15) is 0 Å². The maximum absolute atomic E-state index is 14.3. The smallest absolute Gasteiger partial charge is 0.253 e. The largest absolute Gasteiger partial charge is 0.392 e. The SMILES string of the molecule is Cc1ccc(-c2cc(C)c3c(c2)CN(C)CC3)c(S(=O)(=O)c2cnc3[nH]cc(-c4ccc(C(=O)N(C)C[C@H](C)O)cc4)c3n2)c1. The number of nitrogens with zero attached hydrogens (tertiary/aromatic N) is 4. The summed E-state index contributed by atoms with van der Waals surface area (Å²) >= 11 is 0. The monoisotopic (exact) mass is 623 g/mol. The van der Waals surface area contributed by atoms with Gasteiger partial charge < -0.3 is 19.9 Å². The summed E-state index contributed by atoms with van der Waals surface area (Å²) in [6, 6.07) is 16.7. The number of aliphatic hydroxyl groups excluding tert-OH is 1. The maximum Gasteiger partial charge on any atom is 0.253 e. The Hall–Kier alpha value is -4.38. The van der Waals surface area contributed by atoms with Crippen molar-refractivity contribution in [3.05, 3.63) is 94.8 Å². The third-order valence-corrected chi connectivity index (χ3v) is 10.1. The Bertz CT molecular complexity index is 2030. The highest BCUT2D eigenvalue weighted by Crippen LogP contribution is 2.36. The van der Waals surface area contributed by atoms with E-state index in [9.17, 15) is 18.3 Å². The van der Waals surface area contributed by atoms with Gasteiger partial charge in [-0.3, -0.25) is 4.79 Å². The first-order chi connectivity index (χ1) is 21.4. The number of aliphatic hydroxyl groups is 1. The van der Waals surface area contributed by atoms with Crippen molar-refractivity contribution in [2.45, 2.75) is 49.8 Å². The Kier molecular flexibility index (Phi) is 8.07. The molecule has 6 rings (SSSR count). The number of sulfone groups is 1. The Morgan fingerprint density at radius 3 is 2.56 bits per heavy atom. The van der Waals surface area contributed by atoms with Gasteiger partial charge in [0.15, 0.2) is 10.7 Å². The number of benzene rings is 3. The predicted octanol–water partition coefficient (Wildman–Crippen LogP) is 5.18. The van der Waals surface area contributed by atoms with Crippen molar-refractivity contribution < 1.29 is 18.3 Å². The molecule has 1 aliphatic heterocycles. The van der Waals surface area contributed by atoms with Crippen LogP contribution >= 0.6 is 0 Å². The Morgan fingerprint density at radius 1 is 1.07 bits per heavy atom. The average molecular weight is 624 g/mol. The number of aromatic amines is 1. The fraction of sp³-hybridized carbons (Fsp3) is 0.286. The topological polar surface area (TPSA) is 119 Å². The highest BCUT2D eigenvalue weighted by molar-refractivity contribution is 7.91. The van der Waals surface area contributed by atoms with E-state index in [2.05, 4.69) is 46.0 Å². The molecule has 0 unspecified atom stereocenters. The third kappa shape index (κ3) is 5.88. The van der Waals surface area contributed by atoms with Crippen LogP contribution in [0.25, 0.3) is 33.4 Å². The molecule has 0 spiro atoms. The average Bonchev–Trinajstić information content (AvgIpc) is 3.43. The molecule has 0 bridgehead atoms. The van der Waals surface area contributed by atoms with E-state index < -0.39 is 15.9 Å². The highest BCUT2D eigenvalue weighted by Gasteiger charge is 2.27. The van der Waals surface area contributed by atoms with E-state index in [-0.39, 0.29) is 22.4 Å². The van der Waals surface area contributed by atoms with Gasteiger partial charge in [-0.25, -0.2) is 18.4 Å². The zero-order valence-electron chi connectivity index (χ0n) is 26.1. The van der Waals surface area contributed by atoms with Crippen LogP contribution in [-0.2, 0) is 22.8 Å². The molecule has 3 aromatic carbocycles. The predicted molar refractivity (Wildman–Crippen MR) is 175 cm³/mol. The van der Waals surface area contributed by atoms with Crippen molar-refractivity contribution in [3.8, 4) is 22.3 Å². The second-order valence-electron chi connectivity index (χ2n) is 12.1. The van der Waals surface area contributed by atoms with E-state index >= 15 is 0 Å². The van der Waals surface area contributed by atoms with Crippen molar-refractivity contribution >= 4 is 26.9 Å². The summed E-state index contributed by atoms with van der Waals surface area (Å²) in [6.45, 7) is 7.66. The molecule has 2 N–H and O–H groups in total. The molecular weight excluding hydrogens is 586 g/mol. The lowest BCUT2D eigenvalue weighted by atomic mass is 9.90. The number of carbonyl (C=O) groups excluding carboxylic acids is 1. The van der Waals surface area contributed by atoms with Crippen LogP contribution in [0.15, 0.2) is 76.9 Å². The first kappa shape index (κ1) is 30.6. The fourth-order valence-electron chi connectivity index (χ4n) is 6.14. The Balaban J connectivity index is 1.39. The Morgan fingerprint density at radius 2 is 1.82 bits per heavy atom. The number of amides is 1. The Labute approximate surface area is 263 Å². The van der Waals surface area contributed by atoms with Crippen LogP contribution in [0.3, 0.4) is 0 Å². The van der Waals surface area contributed by atoms with Gasteiger partial charge >= 0.3 is 0 Å². The van der Waals surface area contributed by atoms with Crippen LogP contribution in [0, 0.1) is 13.8 Å². The number of aryl methyl sites for hydroxylation is 2. The van der Waals surface area contributed by atoms with Gasteiger partial charge in [0.2, 0.25) is 9.84 Å². The highest BCUT2D eigenvalue weighted by atomic mass is 32.2. The molecule has 10 heteroatoms. The fourth-order valence-corrected chi connectivity index (χ4v) is 7.58. The standard InChI is InChI=1S/C35H37N5O4S/c1-21-6-11-29(26-15-22(2)28-12-13-39(4)20-27(28)16-26)31(14-21)45(43,44)32-18-37-34-33(38-32)30(17-36-34)24-7-9-25(10-8-24)35(42)40(5)19-23(3)41/h6-11,14-18,23,41H,12-13,19-20H2,1-5H3,(H,36,37)/t23-/m0/s1. The number of rotatable bonds is 7. The van der Waals surface area contributed by atoms with Crippen LogP contribution < -0.4 is 0 Å². The summed E-state index contributed by atoms with van der Waals surface area (Å²) in [6.07, 6.45) is 3.39. The van der Waals surface area contributed by atoms with Crippen LogP contribution in [0.1, 0.15) is 39.5 Å². The van der Waals surface area contributed by atoms with Crippen molar-refractivity contribution in [1.82, 2.24) is 24.8 Å². The lowest BCUT2D eigenvalue weighted by Crippen LogP contribution is -2.32. The van der Waals surface area contributed by atoms with Crippen molar-refractivity contribution in [3.63, 3.8) is 0 Å². The molecule has 5 aromatic rings. The molecule has 3 heterocycles. The number of hydrogen-bond acceptors (Lipinski definition) is 7. The van der Waals surface area contributed by atoms with Gasteiger partial charge in [-0.15, -0.1) is 0 Å². The third-order valence-electron chi connectivity index (χ3n) is 8.45. The summed E-state index contributed by atoms with van der Waals surface area (Å²) in [5, 5.41) is 9.50. The van der Waals surface area contributed by atoms with E-state index in [1.807, 2.05) is 19.1 Å². The number of likely N-dealkylation sites (N-methyl/N-ethyl adjacent to an activating group) is 2. The van der Waals surface area contributed by atoms with Crippen molar-refractivity contribution in [2.75, 3.05) is 27.2 Å². The number of aromatic nitrogens is 3. The summed E-state index contributed by atoms with van der Waals surface area (Å²) in [5.74, 6) is -0.204. The van der Waals surface area contributed by atoms with Gasteiger partial charge in [0.05, 0.1) is 17.2 Å². The number of H-pyrrole nitrogens is 1.